The molecule has 1 atom stereocenters. The number of likely N-dealkylation sites (N-methyl/N-ethyl adjacent to an activating group) is 1. The zero-order chi connectivity index (χ0) is 20.5. The standard InChI is InChI=1S/C21H36N4O2S/c1-5-23(6-2)19(18-11-14-28-16-18)15-22-21(27)25-12-9-17(10-13-25)20(26)24(7-3)8-4/h11,14,16-17,19H,5-10,12-13,15H2,1-4H3,(H,22,27). The number of carbonyl (C=O) groups excluding carboxylic acids is 2. The Kier molecular flexibility index (Phi) is 9.25. The summed E-state index contributed by atoms with van der Waals surface area (Å²) in [7, 11) is 0. The molecule has 28 heavy (non-hydrogen) atoms. The molecule has 0 aliphatic carbocycles. The Balaban J connectivity index is 1.87. The van der Waals surface area contributed by atoms with Gasteiger partial charge in [-0.1, -0.05) is 13.8 Å². The summed E-state index contributed by atoms with van der Waals surface area (Å²) >= 11 is 1.69. The minimum Gasteiger partial charge on any atom is -0.343 e. The Labute approximate surface area is 173 Å². The summed E-state index contributed by atoms with van der Waals surface area (Å²) in [5, 5.41) is 7.39. The molecule has 1 aromatic rings. The fraction of sp³-hybridized carbons (Fsp3) is 0.714. The van der Waals surface area contributed by atoms with Gasteiger partial charge >= 0.3 is 6.03 Å². The van der Waals surface area contributed by atoms with Crippen molar-refractivity contribution in [3.63, 3.8) is 0 Å². The van der Waals surface area contributed by atoms with Crippen LogP contribution in [0.25, 0.3) is 0 Å². The molecule has 3 amide bonds. The summed E-state index contributed by atoms with van der Waals surface area (Å²) in [6.07, 6.45) is 1.51. The monoisotopic (exact) mass is 408 g/mol. The van der Waals surface area contributed by atoms with Gasteiger partial charge < -0.3 is 15.1 Å². The van der Waals surface area contributed by atoms with Crippen LogP contribution in [0.3, 0.4) is 0 Å². The molecule has 1 aliphatic rings. The van der Waals surface area contributed by atoms with Crippen LogP contribution >= 0.6 is 11.3 Å². The van der Waals surface area contributed by atoms with Gasteiger partial charge in [-0.3, -0.25) is 9.69 Å². The van der Waals surface area contributed by atoms with Crippen molar-refractivity contribution in [2.75, 3.05) is 45.8 Å². The number of amides is 3. The second-order valence-corrected chi connectivity index (χ2v) is 8.03. The quantitative estimate of drug-likeness (QED) is 0.681. The molecule has 2 heterocycles. The number of nitrogens with one attached hydrogen (secondary N) is 1. The van der Waals surface area contributed by atoms with Crippen LogP contribution in [-0.2, 0) is 4.79 Å². The van der Waals surface area contributed by atoms with Gasteiger partial charge in [-0.25, -0.2) is 4.79 Å². The maximum absolute atomic E-state index is 12.7. The Hall–Kier alpha value is -1.60. The second-order valence-electron chi connectivity index (χ2n) is 7.25. The highest BCUT2D eigenvalue weighted by molar-refractivity contribution is 7.07. The molecule has 1 fully saturated rings. The lowest BCUT2D eigenvalue weighted by Gasteiger charge is -2.35. The predicted octanol–water partition coefficient (Wildman–Crippen LogP) is 3.42. The van der Waals surface area contributed by atoms with E-state index < -0.39 is 0 Å². The molecule has 158 valence electrons. The number of urea groups is 1. The van der Waals surface area contributed by atoms with Crippen LogP contribution in [0.5, 0.6) is 0 Å². The molecule has 0 saturated carbocycles. The van der Waals surface area contributed by atoms with Crippen LogP contribution in [0.2, 0.25) is 0 Å². The second kappa shape index (κ2) is 11.4. The lowest BCUT2D eigenvalue weighted by molar-refractivity contribution is -0.136. The van der Waals surface area contributed by atoms with E-state index in [2.05, 4.69) is 40.9 Å². The summed E-state index contributed by atoms with van der Waals surface area (Å²) < 4.78 is 0. The predicted molar refractivity (Wildman–Crippen MR) is 116 cm³/mol. The van der Waals surface area contributed by atoms with E-state index in [1.807, 2.05) is 23.6 Å². The Morgan fingerprint density at radius 1 is 1.14 bits per heavy atom. The molecular formula is C21H36N4O2S. The third-order valence-corrected chi connectivity index (χ3v) is 6.54. The van der Waals surface area contributed by atoms with Gasteiger partial charge in [-0.2, -0.15) is 11.3 Å². The molecule has 1 aromatic heterocycles. The Morgan fingerprint density at radius 2 is 1.79 bits per heavy atom. The Bertz CT molecular complexity index is 592. The first kappa shape index (κ1) is 22.7. The van der Waals surface area contributed by atoms with Crippen molar-refractivity contribution in [2.45, 2.75) is 46.6 Å². The summed E-state index contributed by atoms with van der Waals surface area (Å²) in [5.41, 5.74) is 1.26. The van der Waals surface area contributed by atoms with Crippen LogP contribution in [0.1, 0.15) is 52.1 Å². The summed E-state index contributed by atoms with van der Waals surface area (Å²) in [6.45, 7) is 13.7. The molecule has 1 unspecified atom stereocenters. The average Bonchev–Trinajstić information content (AvgIpc) is 3.26. The molecule has 0 spiro atoms. The van der Waals surface area contributed by atoms with Gasteiger partial charge in [-0.15, -0.1) is 0 Å². The van der Waals surface area contributed by atoms with E-state index in [0.29, 0.717) is 19.6 Å². The number of thiophene rings is 1. The highest BCUT2D eigenvalue weighted by Crippen LogP contribution is 2.23. The topological polar surface area (TPSA) is 55.9 Å². The number of hydrogen-bond donors (Lipinski definition) is 1. The SMILES string of the molecule is CCN(CC)C(=O)C1CCN(C(=O)NCC(c2ccsc2)N(CC)CC)CC1. The largest absolute Gasteiger partial charge is 0.343 e. The van der Waals surface area contributed by atoms with E-state index >= 15 is 0 Å². The van der Waals surface area contributed by atoms with Crippen LogP contribution in [0.15, 0.2) is 16.8 Å². The molecule has 7 heteroatoms. The van der Waals surface area contributed by atoms with Gasteiger partial charge in [0.15, 0.2) is 0 Å². The van der Waals surface area contributed by atoms with Crippen molar-refractivity contribution in [2.24, 2.45) is 5.92 Å². The normalized spacial score (nSPS) is 16.2. The highest BCUT2D eigenvalue weighted by Gasteiger charge is 2.29. The van der Waals surface area contributed by atoms with Crippen LogP contribution in [0.4, 0.5) is 4.79 Å². The van der Waals surface area contributed by atoms with Crippen molar-refractivity contribution in [3.8, 4) is 0 Å². The van der Waals surface area contributed by atoms with Crippen molar-refractivity contribution in [1.29, 1.82) is 0 Å². The number of carbonyl (C=O) groups is 2. The zero-order valence-corrected chi connectivity index (χ0v) is 18.6. The average molecular weight is 409 g/mol. The van der Waals surface area contributed by atoms with Crippen molar-refractivity contribution in [1.82, 2.24) is 20.0 Å². The van der Waals surface area contributed by atoms with Gasteiger partial charge in [0.05, 0.1) is 6.04 Å². The molecule has 0 radical (unpaired) electrons. The van der Waals surface area contributed by atoms with E-state index in [9.17, 15) is 9.59 Å². The van der Waals surface area contributed by atoms with Crippen molar-refractivity contribution in [3.05, 3.63) is 22.4 Å². The maximum Gasteiger partial charge on any atom is 0.317 e. The summed E-state index contributed by atoms with van der Waals surface area (Å²) in [6, 6.07) is 2.33. The van der Waals surface area contributed by atoms with E-state index in [1.54, 1.807) is 11.3 Å². The van der Waals surface area contributed by atoms with Gasteiger partial charge in [0, 0.05) is 38.6 Å². The minimum atomic E-state index is -0.0128. The molecule has 0 bridgehead atoms. The lowest BCUT2D eigenvalue weighted by atomic mass is 9.95. The van der Waals surface area contributed by atoms with Gasteiger partial charge in [0.25, 0.3) is 0 Å². The third-order valence-electron chi connectivity index (χ3n) is 5.83. The molecule has 1 N–H and O–H groups in total. The summed E-state index contributed by atoms with van der Waals surface area (Å²) in [4.78, 5) is 31.4. The van der Waals surface area contributed by atoms with E-state index in [1.165, 1.54) is 5.56 Å². The zero-order valence-electron chi connectivity index (χ0n) is 17.8. The van der Waals surface area contributed by atoms with Crippen LogP contribution in [-0.4, -0.2) is 72.5 Å². The van der Waals surface area contributed by atoms with Crippen molar-refractivity contribution >= 4 is 23.3 Å². The fourth-order valence-electron chi connectivity index (χ4n) is 4.01. The summed E-state index contributed by atoms with van der Waals surface area (Å²) in [5.74, 6) is 0.294. The number of likely N-dealkylation sites (tertiary alicyclic amines) is 1. The number of piperidine rings is 1. The molecular weight excluding hydrogens is 372 g/mol. The molecule has 1 saturated heterocycles. The fourth-order valence-corrected chi connectivity index (χ4v) is 4.71. The third kappa shape index (κ3) is 5.70. The van der Waals surface area contributed by atoms with E-state index in [-0.39, 0.29) is 23.9 Å². The molecule has 6 nitrogen and oxygen atoms in total. The number of rotatable bonds is 9. The number of hydrogen-bond acceptors (Lipinski definition) is 4. The smallest absolute Gasteiger partial charge is 0.317 e. The van der Waals surface area contributed by atoms with Gasteiger partial charge in [0.2, 0.25) is 5.91 Å². The number of nitrogens with zero attached hydrogens (tertiary/aromatic N) is 3. The van der Waals surface area contributed by atoms with Crippen LogP contribution in [0, 0.1) is 5.92 Å². The van der Waals surface area contributed by atoms with Crippen LogP contribution < -0.4 is 5.32 Å². The van der Waals surface area contributed by atoms with E-state index in [4.69, 9.17) is 0 Å². The first-order chi connectivity index (χ1) is 13.5. The van der Waals surface area contributed by atoms with Gasteiger partial charge in [-0.05, 0) is 62.2 Å². The molecule has 1 aliphatic heterocycles. The Morgan fingerprint density at radius 3 is 2.29 bits per heavy atom. The first-order valence-electron chi connectivity index (χ1n) is 10.6. The van der Waals surface area contributed by atoms with E-state index in [0.717, 1.165) is 39.0 Å². The highest BCUT2D eigenvalue weighted by atomic mass is 32.1. The first-order valence-corrected chi connectivity index (χ1v) is 11.6. The molecule has 0 aromatic carbocycles. The lowest BCUT2D eigenvalue weighted by Crippen LogP contribution is -2.49. The maximum atomic E-state index is 12.7. The molecule has 2 rings (SSSR count). The van der Waals surface area contributed by atoms with Crippen molar-refractivity contribution < 1.29 is 9.59 Å². The van der Waals surface area contributed by atoms with Gasteiger partial charge in [0.1, 0.15) is 0 Å². The minimum absolute atomic E-state index is 0.0128.